The van der Waals surface area contributed by atoms with Gasteiger partial charge in [0, 0.05) is 5.92 Å². The van der Waals surface area contributed by atoms with Crippen LogP contribution in [0.1, 0.15) is 63.9 Å². The molecule has 0 radical (unpaired) electrons. The first-order valence-electron chi connectivity index (χ1n) is 7.18. The molecule has 1 aromatic rings. The molecule has 0 aromatic carbocycles. The second kappa shape index (κ2) is 6.56. The third kappa shape index (κ3) is 3.82. The van der Waals surface area contributed by atoms with Crippen LogP contribution in [0, 0.1) is 5.92 Å². The van der Waals surface area contributed by atoms with Crippen LogP contribution in [0.15, 0.2) is 6.20 Å². The highest BCUT2D eigenvalue weighted by Gasteiger charge is 2.21. The van der Waals surface area contributed by atoms with Crippen molar-refractivity contribution in [1.29, 1.82) is 0 Å². The van der Waals surface area contributed by atoms with Crippen LogP contribution in [-0.2, 0) is 5.88 Å². The minimum absolute atomic E-state index is 0.298. The number of nitrogens with zero attached hydrogens (tertiary/aromatic N) is 2. The largest absolute Gasteiger partial charge is 0.487 e. The number of hydrogen-bond acceptors (Lipinski definition) is 3. The van der Waals surface area contributed by atoms with Crippen molar-refractivity contribution in [3.8, 4) is 5.75 Å². The van der Waals surface area contributed by atoms with Gasteiger partial charge in [-0.2, -0.15) is 0 Å². The zero-order valence-electron chi connectivity index (χ0n) is 12.0. The lowest BCUT2D eigenvalue weighted by Crippen LogP contribution is -2.23. The Hall–Kier alpha value is -0.830. The Morgan fingerprint density at radius 3 is 2.58 bits per heavy atom. The number of aromatic nitrogens is 2. The number of ether oxygens (including phenoxy) is 1. The predicted molar refractivity (Wildman–Crippen MR) is 77.7 cm³/mol. The van der Waals surface area contributed by atoms with E-state index < -0.39 is 0 Å². The van der Waals surface area contributed by atoms with Crippen molar-refractivity contribution >= 4 is 11.6 Å². The van der Waals surface area contributed by atoms with Gasteiger partial charge >= 0.3 is 0 Å². The van der Waals surface area contributed by atoms with Gasteiger partial charge in [0.2, 0.25) is 0 Å². The molecule has 0 unspecified atom stereocenters. The van der Waals surface area contributed by atoms with E-state index in [0.717, 1.165) is 36.0 Å². The Morgan fingerprint density at radius 1 is 1.32 bits per heavy atom. The van der Waals surface area contributed by atoms with E-state index in [9.17, 15) is 0 Å². The van der Waals surface area contributed by atoms with Crippen LogP contribution in [0.2, 0.25) is 0 Å². The van der Waals surface area contributed by atoms with Crippen molar-refractivity contribution in [1.82, 2.24) is 9.97 Å². The molecule has 0 N–H and O–H groups in total. The average Bonchev–Trinajstić information content (AvgIpc) is 2.41. The molecule has 0 bridgehead atoms. The molecule has 2 rings (SSSR count). The molecule has 106 valence electrons. The fraction of sp³-hybridized carbons (Fsp3) is 0.733. The fourth-order valence-electron chi connectivity index (χ4n) is 2.42. The third-order valence-corrected chi connectivity index (χ3v) is 4.00. The molecule has 1 aliphatic rings. The van der Waals surface area contributed by atoms with E-state index in [2.05, 4.69) is 30.7 Å². The number of halogens is 1. The van der Waals surface area contributed by atoms with Crippen molar-refractivity contribution in [3.05, 3.63) is 17.7 Å². The van der Waals surface area contributed by atoms with E-state index in [-0.39, 0.29) is 0 Å². The van der Waals surface area contributed by atoms with Gasteiger partial charge in [0.15, 0.2) is 5.75 Å². The summed E-state index contributed by atoms with van der Waals surface area (Å²) in [6.07, 6.45) is 6.81. The van der Waals surface area contributed by atoms with Crippen LogP contribution in [0.3, 0.4) is 0 Å². The Labute approximate surface area is 120 Å². The molecule has 19 heavy (non-hydrogen) atoms. The lowest BCUT2D eigenvalue weighted by molar-refractivity contribution is 0.133. The fourth-order valence-corrected chi connectivity index (χ4v) is 2.61. The quantitative estimate of drug-likeness (QED) is 0.773. The Morgan fingerprint density at radius 2 is 2.00 bits per heavy atom. The summed E-state index contributed by atoms with van der Waals surface area (Å²) >= 11 is 5.98. The smallest absolute Gasteiger partial charge is 0.160 e. The Kier molecular flexibility index (Phi) is 5.03. The second-order valence-corrected chi connectivity index (χ2v) is 6.09. The molecule has 4 heteroatoms. The highest BCUT2D eigenvalue weighted by molar-refractivity contribution is 6.17. The molecule has 1 heterocycles. The lowest BCUT2D eigenvalue weighted by Gasteiger charge is -2.27. The molecule has 1 saturated carbocycles. The normalized spacial score (nSPS) is 23.6. The molecule has 0 saturated heterocycles. The first kappa shape index (κ1) is 14.6. The molecule has 3 nitrogen and oxygen atoms in total. The molecular formula is C15H23ClN2O. The van der Waals surface area contributed by atoms with Crippen LogP contribution in [0.4, 0.5) is 0 Å². The topological polar surface area (TPSA) is 35.0 Å². The lowest BCUT2D eigenvalue weighted by atomic mass is 9.89. The summed E-state index contributed by atoms with van der Waals surface area (Å²) in [6.45, 7) is 6.47. The zero-order valence-corrected chi connectivity index (χ0v) is 12.8. The maximum atomic E-state index is 6.05. The monoisotopic (exact) mass is 282 g/mol. The van der Waals surface area contributed by atoms with Gasteiger partial charge in [-0.25, -0.2) is 9.97 Å². The third-order valence-electron chi connectivity index (χ3n) is 3.75. The van der Waals surface area contributed by atoms with Crippen molar-refractivity contribution in [2.75, 3.05) is 0 Å². The maximum Gasteiger partial charge on any atom is 0.160 e. The van der Waals surface area contributed by atoms with E-state index in [1.54, 1.807) is 6.20 Å². The summed E-state index contributed by atoms with van der Waals surface area (Å²) in [4.78, 5) is 8.88. The first-order chi connectivity index (χ1) is 9.10. The Bertz CT molecular complexity index is 415. The molecule has 0 amide bonds. The summed E-state index contributed by atoms with van der Waals surface area (Å²) < 4.78 is 6.05. The van der Waals surface area contributed by atoms with Gasteiger partial charge in [-0.1, -0.05) is 20.8 Å². The summed E-state index contributed by atoms with van der Waals surface area (Å²) in [5.41, 5.74) is 0.819. The number of rotatable bonds is 4. The highest BCUT2D eigenvalue weighted by Crippen LogP contribution is 2.29. The summed E-state index contributed by atoms with van der Waals surface area (Å²) in [7, 11) is 0. The van der Waals surface area contributed by atoms with Gasteiger partial charge in [-0.15, -0.1) is 11.6 Å². The number of hydrogen-bond donors (Lipinski definition) is 0. The minimum Gasteiger partial charge on any atom is -0.487 e. The maximum absolute atomic E-state index is 6.05. The summed E-state index contributed by atoms with van der Waals surface area (Å²) in [6, 6.07) is 0. The van der Waals surface area contributed by atoms with Crippen LogP contribution in [-0.4, -0.2) is 16.1 Å². The second-order valence-electron chi connectivity index (χ2n) is 5.83. The van der Waals surface area contributed by atoms with Crippen molar-refractivity contribution in [3.63, 3.8) is 0 Å². The van der Waals surface area contributed by atoms with Crippen LogP contribution >= 0.6 is 11.6 Å². The zero-order chi connectivity index (χ0) is 13.8. The molecular weight excluding hydrogens is 260 g/mol. The van der Waals surface area contributed by atoms with E-state index in [1.807, 2.05) is 0 Å². The van der Waals surface area contributed by atoms with Gasteiger partial charge in [-0.3, -0.25) is 0 Å². The number of alkyl halides is 1. The van der Waals surface area contributed by atoms with Crippen molar-refractivity contribution in [2.45, 2.75) is 64.4 Å². The molecule has 1 aliphatic carbocycles. The van der Waals surface area contributed by atoms with E-state index >= 15 is 0 Å². The van der Waals surface area contributed by atoms with E-state index in [0.29, 0.717) is 17.9 Å². The molecule has 1 aromatic heterocycles. The van der Waals surface area contributed by atoms with Gasteiger partial charge in [0.05, 0.1) is 18.2 Å². The van der Waals surface area contributed by atoms with Crippen molar-refractivity contribution < 1.29 is 4.74 Å². The van der Waals surface area contributed by atoms with Crippen molar-refractivity contribution in [2.24, 2.45) is 5.92 Å². The van der Waals surface area contributed by atoms with Crippen LogP contribution in [0.25, 0.3) is 0 Å². The Balaban J connectivity index is 2.07. The SMILES string of the molecule is CC1CCC(Oc2cnc(C(C)C)nc2CCl)CC1. The van der Waals surface area contributed by atoms with E-state index in [4.69, 9.17) is 16.3 Å². The predicted octanol–water partition coefficient (Wildman–Crippen LogP) is 4.30. The summed E-state index contributed by atoms with van der Waals surface area (Å²) in [5, 5.41) is 0. The molecule has 0 atom stereocenters. The van der Waals surface area contributed by atoms with Crippen LogP contribution < -0.4 is 4.74 Å². The molecule has 0 aliphatic heterocycles. The first-order valence-corrected chi connectivity index (χ1v) is 7.72. The average molecular weight is 283 g/mol. The summed E-state index contributed by atoms with van der Waals surface area (Å²) in [5.74, 6) is 3.11. The van der Waals surface area contributed by atoms with E-state index in [1.165, 1.54) is 12.8 Å². The van der Waals surface area contributed by atoms with Gasteiger partial charge in [0.1, 0.15) is 11.5 Å². The minimum atomic E-state index is 0.298. The standard InChI is InChI=1S/C15H23ClN2O/c1-10(2)15-17-9-14(13(8-16)18-15)19-12-6-4-11(3)5-7-12/h9-12H,4-8H2,1-3H3. The van der Waals surface area contributed by atoms with Crippen LogP contribution in [0.5, 0.6) is 5.75 Å². The molecule has 0 spiro atoms. The highest BCUT2D eigenvalue weighted by atomic mass is 35.5. The van der Waals surface area contributed by atoms with Gasteiger partial charge in [0.25, 0.3) is 0 Å². The van der Waals surface area contributed by atoms with Gasteiger partial charge < -0.3 is 4.74 Å². The van der Waals surface area contributed by atoms with Gasteiger partial charge in [-0.05, 0) is 31.6 Å². The molecule has 1 fully saturated rings.